The van der Waals surface area contributed by atoms with Crippen LogP contribution in [0.15, 0.2) is 150 Å². The number of hydrogen-bond donors (Lipinski definition) is 1. The number of hydrogen-bond acceptors (Lipinski definition) is 3. The quantitative estimate of drug-likeness (QED) is 0.221. The standard InChI is InChI=1S/C41H33N3/c1-5-15-28(16-6-1)37-33-23-13-14-24-34(33)38(29-17-7-2-8-18-29)36-27-32(25-26-35(36)37)41-43-39(30-19-9-3-10-20-30)42-40(44-41)31-21-11-4-12-22-31/h1-12,15-22,25-27,41H,13-14,23-24H2,(H,42,43,44). The fraction of sp³-hybridized carbons (Fsp3) is 0.122. The third-order valence-corrected chi connectivity index (χ3v) is 8.92. The molecule has 0 amide bonds. The highest BCUT2D eigenvalue weighted by Gasteiger charge is 2.26. The largest absolute Gasteiger partial charge is 0.344 e. The molecule has 3 heteroatoms. The smallest absolute Gasteiger partial charge is 0.159 e. The number of amidine groups is 2. The van der Waals surface area contributed by atoms with Gasteiger partial charge in [-0.3, -0.25) is 0 Å². The third kappa shape index (κ3) is 4.81. The van der Waals surface area contributed by atoms with E-state index in [0.717, 1.165) is 41.2 Å². The lowest BCUT2D eigenvalue weighted by atomic mass is 9.77. The van der Waals surface area contributed by atoms with Crippen LogP contribution in [0.5, 0.6) is 0 Å². The predicted molar refractivity (Wildman–Crippen MR) is 183 cm³/mol. The summed E-state index contributed by atoms with van der Waals surface area (Å²) < 4.78 is 0. The van der Waals surface area contributed by atoms with Crippen molar-refractivity contribution >= 4 is 22.4 Å². The molecule has 3 nitrogen and oxygen atoms in total. The van der Waals surface area contributed by atoms with Crippen LogP contribution in [0.1, 0.15) is 46.8 Å². The lowest BCUT2D eigenvalue weighted by molar-refractivity contribution is 0.675. The summed E-state index contributed by atoms with van der Waals surface area (Å²) in [5.74, 6) is 1.58. The molecule has 0 fully saturated rings. The lowest BCUT2D eigenvalue weighted by Gasteiger charge is -2.28. The summed E-state index contributed by atoms with van der Waals surface area (Å²) in [7, 11) is 0. The number of nitrogens with zero attached hydrogens (tertiary/aromatic N) is 2. The fourth-order valence-electron chi connectivity index (χ4n) is 6.89. The minimum atomic E-state index is -0.276. The monoisotopic (exact) mass is 567 g/mol. The van der Waals surface area contributed by atoms with Crippen LogP contribution < -0.4 is 5.32 Å². The Morgan fingerprint density at radius 1 is 0.500 bits per heavy atom. The van der Waals surface area contributed by atoms with E-state index < -0.39 is 0 Å². The van der Waals surface area contributed by atoms with Crippen molar-refractivity contribution in [2.45, 2.75) is 31.8 Å². The fourth-order valence-corrected chi connectivity index (χ4v) is 6.89. The zero-order chi connectivity index (χ0) is 29.3. The summed E-state index contributed by atoms with van der Waals surface area (Å²) >= 11 is 0. The predicted octanol–water partition coefficient (Wildman–Crippen LogP) is 9.55. The molecule has 44 heavy (non-hydrogen) atoms. The molecule has 0 radical (unpaired) electrons. The molecule has 0 bridgehead atoms. The average Bonchev–Trinajstić information content (AvgIpc) is 3.11. The van der Waals surface area contributed by atoms with E-state index in [9.17, 15) is 0 Å². The second kappa shape index (κ2) is 11.4. The maximum absolute atomic E-state index is 5.19. The molecular formula is C41H33N3. The average molecular weight is 568 g/mol. The third-order valence-electron chi connectivity index (χ3n) is 8.92. The molecule has 1 aliphatic carbocycles. The molecule has 8 rings (SSSR count). The van der Waals surface area contributed by atoms with Crippen molar-refractivity contribution < 1.29 is 0 Å². The van der Waals surface area contributed by atoms with Gasteiger partial charge in [-0.05, 0) is 81.5 Å². The molecule has 2 aliphatic rings. The van der Waals surface area contributed by atoms with Gasteiger partial charge in [0.1, 0.15) is 12.0 Å². The van der Waals surface area contributed by atoms with Gasteiger partial charge in [-0.25, -0.2) is 9.98 Å². The van der Waals surface area contributed by atoms with Crippen LogP contribution in [0.25, 0.3) is 33.0 Å². The SMILES string of the molecule is c1ccc(C2=NC(c3ccc4c(-c5ccccc5)c5c(c(-c6ccccc6)c4c3)CCCC5)NC(c3ccccc3)=N2)cc1. The van der Waals surface area contributed by atoms with Gasteiger partial charge in [0.2, 0.25) is 0 Å². The van der Waals surface area contributed by atoms with Crippen molar-refractivity contribution in [1.82, 2.24) is 5.32 Å². The van der Waals surface area contributed by atoms with E-state index in [1.807, 2.05) is 24.3 Å². The second-order valence-electron chi connectivity index (χ2n) is 11.6. The first-order valence-electron chi connectivity index (χ1n) is 15.6. The maximum Gasteiger partial charge on any atom is 0.159 e. The zero-order valence-electron chi connectivity index (χ0n) is 24.6. The molecule has 0 aromatic heterocycles. The summed E-state index contributed by atoms with van der Waals surface area (Å²) in [5.41, 5.74) is 11.5. The van der Waals surface area contributed by atoms with Gasteiger partial charge in [0.25, 0.3) is 0 Å². The van der Waals surface area contributed by atoms with Crippen LogP contribution in [0.2, 0.25) is 0 Å². The van der Waals surface area contributed by atoms with Crippen LogP contribution in [0.4, 0.5) is 0 Å². The molecule has 0 spiro atoms. The summed E-state index contributed by atoms with van der Waals surface area (Å²) in [6.45, 7) is 0. The Morgan fingerprint density at radius 3 is 1.57 bits per heavy atom. The van der Waals surface area contributed by atoms with Crippen molar-refractivity contribution in [3.8, 4) is 22.3 Å². The number of nitrogens with one attached hydrogen (secondary N) is 1. The number of benzene rings is 6. The van der Waals surface area contributed by atoms with Crippen LogP contribution in [0, 0.1) is 0 Å². The Hall–Kier alpha value is -5.28. The van der Waals surface area contributed by atoms with Crippen molar-refractivity contribution in [2.75, 3.05) is 0 Å². The molecule has 0 saturated heterocycles. The molecule has 1 unspecified atom stereocenters. The maximum atomic E-state index is 5.19. The Morgan fingerprint density at radius 2 is 1.00 bits per heavy atom. The van der Waals surface area contributed by atoms with E-state index in [2.05, 4.69) is 121 Å². The van der Waals surface area contributed by atoms with Crippen molar-refractivity contribution in [2.24, 2.45) is 9.98 Å². The van der Waals surface area contributed by atoms with Gasteiger partial charge in [0.05, 0.1) is 0 Å². The van der Waals surface area contributed by atoms with E-state index in [0.29, 0.717) is 0 Å². The first-order valence-corrected chi connectivity index (χ1v) is 15.6. The summed E-state index contributed by atoms with van der Waals surface area (Å²) in [5, 5.41) is 6.27. The molecule has 6 aromatic rings. The summed E-state index contributed by atoms with van der Waals surface area (Å²) in [6, 6.07) is 49.5. The van der Waals surface area contributed by atoms with Gasteiger partial charge in [-0.2, -0.15) is 0 Å². The van der Waals surface area contributed by atoms with Crippen molar-refractivity contribution in [1.29, 1.82) is 0 Å². The molecule has 0 saturated carbocycles. The molecule has 1 heterocycles. The van der Waals surface area contributed by atoms with Gasteiger partial charge in [0.15, 0.2) is 5.84 Å². The number of rotatable bonds is 5. The topological polar surface area (TPSA) is 36.8 Å². The van der Waals surface area contributed by atoms with Crippen LogP contribution >= 0.6 is 0 Å². The van der Waals surface area contributed by atoms with Gasteiger partial charge < -0.3 is 5.32 Å². The Bertz CT molecular complexity index is 2010. The molecule has 6 aromatic carbocycles. The molecule has 1 atom stereocenters. The minimum absolute atomic E-state index is 0.276. The molecule has 1 N–H and O–H groups in total. The number of aliphatic imine (C=N–C) groups is 2. The van der Waals surface area contributed by atoms with Crippen LogP contribution in [0.3, 0.4) is 0 Å². The first kappa shape index (κ1) is 26.4. The normalized spacial score (nSPS) is 16.0. The van der Waals surface area contributed by atoms with Gasteiger partial charge in [-0.15, -0.1) is 0 Å². The summed E-state index contributed by atoms with van der Waals surface area (Å²) in [6.07, 6.45) is 4.39. The van der Waals surface area contributed by atoms with Crippen LogP contribution in [-0.2, 0) is 12.8 Å². The van der Waals surface area contributed by atoms with Gasteiger partial charge in [-0.1, -0.05) is 133 Å². The number of fused-ring (bicyclic) bond motifs is 2. The first-order chi connectivity index (χ1) is 21.8. The van der Waals surface area contributed by atoms with E-state index in [1.165, 1.54) is 57.0 Å². The minimum Gasteiger partial charge on any atom is -0.344 e. The summed E-state index contributed by atoms with van der Waals surface area (Å²) in [4.78, 5) is 10.2. The Balaban J connectivity index is 1.36. The van der Waals surface area contributed by atoms with E-state index >= 15 is 0 Å². The lowest BCUT2D eigenvalue weighted by Crippen LogP contribution is -2.33. The zero-order valence-corrected chi connectivity index (χ0v) is 24.6. The van der Waals surface area contributed by atoms with E-state index in [1.54, 1.807) is 0 Å². The van der Waals surface area contributed by atoms with Crippen molar-refractivity contribution in [3.05, 3.63) is 167 Å². The molecule has 1 aliphatic heterocycles. The Labute approximate surface area is 258 Å². The van der Waals surface area contributed by atoms with E-state index in [-0.39, 0.29) is 6.17 Å². The second-order valence-corrected chi connectivity index (χ2v) is 11.6. The van der Waals surface area contributed by atoms with Gasteiger partial charge >= 0.3 is 0 Å². The highest BCUT2D eigenvalue weighted by atomic mass is 15.2. The van der Waals surface area contributed by atoms with Crippen LogP contribution in [-0.4, -0.2) is 11.7 Å². The molecular weight excluding hydrogens is 534 g/mol. The van der Waals surface area contributed by atoms with E-state index in [4.69, 9.17) is 9.98 Å². The molecule has 212 valence electrons. The van der Waals surface area contributed by atoms with Gasteiger partial charge in [0, 0.05) is 11.1 Å². The Kier molecular flexibility index (Phi) is 6.84. The van der Waals surface area contributed by atoms with Crippen molar-refractivity contribution in [3.63, 3.8) is 0 Å². The highest BCUT2D eigenvalue weighted by Crippen LogP contribution is 2.45. The highest BCUT2D eigenvalue weighted by molar-refractivity contribution is 6.13.